The van der Waals surface area contributed by atoms with Crippen LogP contribution in [0.25, 0.3) is 0 Å². The summed E-state index contributed by atoms with van der Waals surface area (Å²) in [5.41, 5.74) is 2.67. The summed E-state index contributed by atoms with van der Waals surface area (Å²) in [4.78, 5) is 35.2. The molecule has 0 unspecified atom stereocenters. The van der Waals surface area contributed by atoms with Gasteiger partial charge in [-0.1, -0.05) is 36.4 Å². The van der Waals surface area contributed by atoms with Crippen LogP contribution in [0.1, 0.15) is 38.8 Å². The molecule has 30 heavy (non-hydrogen) atoms. The lowest BCUT2D eigenvalue weighted by Crippen LogP contribution is -2.15. The number of hydrogen-bond acceptors (Lipinski definition) is 4. The molecule has 3 aromatic rings. The van der Waals surface area contributed by atoms with Crippen LogP contribution in [0.4, 0.5) is 5.69 Å². The molecule has 0 aliphatic heterocycles. The van der Waals surface area contributed by atoms with Gasteiger partial charge in [0.05, 0.1) is 11.3 Å². The Morgan fingerprint density at radius 2 is 1.53 bits per heavy atom. The average Bonchev–Trinajstić information content (AvgIpc) is 2.73. The molecule has 0 spiro atoms. The molecule has 6 heteroatoms. The lowest BCUT2D eigenvalue weighted by Gasteiger charge is -2.11. The third-order valence-electron chi connectivity index (χ3n) is 4.49. The van der Waals surface area contributed by atoms with Crippen molar-refractivity contribution in [3.8, 4) is 5.75 Å². The number of benzene rings is 3. The maximum absolute atomic E-state index is 12.6. The summed E-state index contributed by atoms with van der Waals surface area (Å²) in [5, 5.41) is 12.1. The first-order valence-electron chi connectivity index (χ1n) is 9.42. The van der Waals surface area contributed by atoms with Crippen molar-refractivity contribution in [1.82, 2.24) is 0 Å². The first kappa shape index (κ1) is 20.8. The molecule has 6 nitrogen and oxygen atoms in total. The number of anilines is 1. The Balaban J connectivity index is 1.76. The van der Waals surface area contributed by atoms with E-state index >= 15 is 0 Å². The lowest BCUT2D eigenvalue weighted by atomic mass is 10.0. The van der Waals surface area contributed by atoms with Crippen molar-refractivity contribution >= 4 is 23.5 Å². The smallest absolute Gasteiger partial charge is 0.337 e. The number of aryl methyl sites for hydroxylation is 2. The van der Waals surface area contributed by atoms with Gasteiger partial charge in [0.15, 0.2) is 0 Å². The minimum absolute atomic E-state index is 0.0170. The van der Waals surface area contributed by atoms with E-state index in [-0.39, 0.29) is 11.3 Å². The van der Waals surface area contributed by atoms with E-state index in [9.17, 15) is 19.5 Å². The molecule has 1 amide bonds. The Bertz CT molecular complexity index is 1060. The van der Waals surface area contributed by atoms with Crippen LogP contribution in [0.3, 0.4) is 0 Å². The van der Waals surface area contributed by atoms with Crippen molar-refractivity contribution in [3.05, 3.63) is 95.1 Å². The molecule has 0 heterocycles. The third-order valence-corrected chi connectivity index (χ3v) is 4.49. The Labute approximate surface area is 174 Å². The fraction of sp³-hybridized carbons (Fsp3) is 0.125. The third kappa shape index (κ3) is 5.54. The van der Waals surface area contributed by atoms with Crippen LogP contribution in [-0.4, -0.2) is 23.0 Å². The molecule has 0 bridgehead atoms. The van der Waals surface area contributed by atoms with Gasteiger partial charge >= 0.3 is 11.9 Å². The number of rotatable bonds is 7. The summed E-state index contributed by atoms with van der Waals surface area (Å²) >= 11 is 0. The number of nitrogens with one attached hydrogen (secondary N) is 1. The highest BCUT2D eigenvalue weighted by Crippen LogP contribution is 2.21. The van der Waals surface area contributed by atoms with Crippen molar-refractivity contribution in [2.45, 2.75) is 19.8 Å². The Kier molecular flexibility index (Phi) is 6.60. The van der Waals surface area contributed by atoms with Gasteiger partial charge in [-0.3, -0.25) is 9.59 Å². The molecule has 3 rings (SSSR count). The molecular weight excluding hydrogens is 382 g/mol. The number of carbonyl (C=O) groups excluding carboxylic acids is 2. The van der Waals surface area contributed by atoms with E-state index in [1.54, 1.807) is 12.1 Å². The number of ether oxygens (including phenoxy) is 1. The predicted molar refractivity (Wildman–Crippen MR) is 113 cm³/mol. The van der Waals surface area contributed by atoms with E-state index in [1.807, 2.05) is 30.3 Å². The zero-order valence-electron chi connectivity index (χ0n) is 16.4. The maximum atomic E-state index is 12.6. The summed E-state index contributed by atoms with van der Waals surface area (Å²) in [6.45, 7) is 1.29. The molecule has 0 aliphatic rings. The van der Waals surface area contributed by atoms with Crippen molar-refractivity contribution < 1.29 is 24.2 Å². The van der Waals surface area contributed by atoms with E-state index in [1.165, 1.54) is 42.8 Å². The summed E-state index contributed by atoms with van der Waals surface area (Å²) in [5.74, 6) is -1.70. The van der Waals surface area contributed by atoms with E-state index in [0.29, 0.717) is 17.7 Å². The number of amides is 1. The van der Waals surface area contributed by atoms with E-state index in [0.717, 1.165) is 12.0 Å². The predicted octanol–water partition coefficient (Wildman–Crippen LogP) is 4.35. The van der Waals surface area contributed by atoms with Crippen molar-refractivity contribution in [2.75, 3.05) is 5.32 Å². The minimum Gasteiger partial charge on any atom is -0.478 e. The van der Waals surface area contributed by atoms with Crippen molar-refractivity contribution in [1.29, 1.82) is 0 Å². The summed E-state index contributed by atoms with van der Waals surface area (Å²) in [6, 6.07) is 21.0. The van der Waals surface area contributed by atoms with Gasteiger partial charge < -0.3 is 15.2 Å². The van der Waals surface area contributed by atoms with Crippen molar-refractivity contribution in [3.63, 3.8) is 0 Å². The van der Waals surface area contributed by atoms with Gasteiger partial charge in [0.2, 0.25) is 0 Å². The standard InChI is InChI=1S/C24H21NO5/c1-16(26)30-20-12-10-19(11-13-20)23(27)25-22-15-18(9-14-21(22)24(28)29)8-7-17-5-3-2-4-6-17/h2-6,9-15H,7-8H2,1H3,(H,25,27)(H,28,29). The number of aromatic carboxylic acids is 1. The highest BCUT2D eigenvalue weighted by molar-refractivity contribution is 6.07. The first-order chi connectivity index (χ1) is 14.4. The number of esters is 1. The van der Waals surface area contributed by atoms with Gasteiger partial charge in [0.1, 0.15) is 5.75 Å². The first-order valence-corrected chi connectivity index (χ1v) is 9.42. The molecule has 2 N–H and O–H groups in total. The van der Waals surface area contributed by atoms with Crippen LogP contribution in [0, 0.1) is 0 Å². The van der Waals surface area contributed by atoms with Crippen LogP contribution in [0.2, 0.25) is 0 Å². The highest BCUT2D eigenvalue weighted by atomic mass is 16.5. The van der Waals surface area contributed by atoms with Crippen LogP contribution in [-0.2, 0) is 17.6 Å². The average molecular weight is 403 g/mol. The maximum Gasteiger partial charge on any atom is 0.337 e. The quantitative estimate of drug-likeness (QED) is 0.452. The summed E-state index contributed by atoms with van der Waals surface area (Å²) in [6.07, 6.45) is 1.52. The number of carboxylic acid groups (broad SMARTS) is 1. The normalized spacial score (nSPS) is 10.3. The zero-order valence-corrected chi connectivity index (χ0v) is 16.4. The van der Waals surface area contributed by atoms with Gasteiger partial charge in [0, 0.05) is 12.5 Å². The number of carbonyl (C=O) groups is 3. The van der Waals surface area contributed by atoms with Crippen LogP contribution >= 0.6 is 0 Å². The zero-order chi connectivity index (χ0) is 21.5. The van der Waals surface area contributed by atoms with E-state index < -0.39 is 17.8 Å². The molecule has 0 fully saturated rings. The van der Waals surface area contributed by atoms with E-state index in [2.05, 4.69) is 5.32 Å². The lowest BCUT2D eigenvalue weighted by molar-refractivity contribution is -0.131. The second kappa shape index (κ2) is 9.52. The van der Waals surface area contributed by atoms with Gasteiger partial charge in [-0.2, -0.15) is 0 Å². The molecule has 0 aliphatic carbocycles. The van der Waals surface area contributed by atoms with E-state index in [4.69, 9.17) is 4.74 Å². The van der Waals surface area contributed by atoms with Crippen LogP contribution < -0.4 is 10.1 Å². The molecular formula is C24H21NO5. The second-order valence-electron chi connectivity index (χ2n) is 6.74. The molecule has 0 saturated heterocycles. The highest BCUT2D eigenvalue weighted by Gasteiger charge is 2.15. The fourth-order valence-electron chi connectivity index (χ4n) is 3.00. The van der Waals surface area contributed by atoms with Gasteiger partial charge in [0.25, 0.3) is 5.91 Å². The molecule has 0 saturated carbocycles. The van der Waals surface area contributed by atoms with Gasteiger partial charge in [-0.25, -0.2) is 4.79 Å². The molecule has 0 aromatic heterocycles. The Morgan fingerprint density at radius 1 is 0.867 bits per heavy atom. The van der Waals surface area contributed by atoms with Crippen LogP contribution in [0.5, 0.6) is 5.75 Å². The fourth-order valence-corrected chi connectivity index (χ4v) is 3.00. The molecule has 152 valence electrons. The molecule has 3 aromatic carbocycles. The topological polar surface area (TPSA) is 92.7 Å². The molecule has 0 radical (unpaired) electrons. The Hall–Kier alpha value is -3.93. The van der Waals surface area contributed by atoms with Gasteiger partial charge in [-0.15, -0.1) is 0 Å². The SMILES string of the molecule is CC(=O)Oc1ccc(C(=O)Nc2cc(CCc3ccccc3)ccc2C(=O)O)cc1. The Morgan fingerprint density at radius 3 is 2.17 bits per heavy atom. The largest absolute Gasteiger partial charge is 0.478 e. The monoisotopic (exact) mass is 403 g/mol. The van der Waals surface area contributed by atoms with Gasteiger partial charge in [-0.05, 0) is 60.4 Å². The number of hydrogen-bond donors (Lipinski definition) is 2. The second-order valence-corrected chi connectivity index (χ2v) is 6.74. The number of carboxylic acids is 1. The van der Waals surface area contributed by atoms with Crippen molar-refractivity contribution in [2.24, 2.45) is 0 Å². The summed E-state index contributed by atoms with van der Waals surface area (Å²) in [7, 11) is 0. The van der Waals surface area contributed by atoms with Crippen LogP contribution in [0.15, 0.2) is 72.8 Å². The molecule has 0 atom stereocenters. The minimum atomic E-state index is -1.12. The summed E-state index contributed by atoms with van der Waals surface area (Å²) < 4.78 is 4.95.